The quantitative estimate of drug-likeness (QED) is 0.0321. The maximum Gasteiger partial charge on any atom is 0.326 e. The molecule has 0 spiro atoms. The van der Waals surface area contributed by atoms with Crippen LogP contribution in [0.2, 0.25) is 0 Å². The van der Waals surface area contributed by atoms with Crippen LogP contribution in [0.25, 0.3) is 0 Å². The lowest BCUT2D eigenvalue weighted by Crippen LogP contribution is -2.54. The zero-order valence-electron chi connectivity index (χ0n) is 37.8. The fourth-order valence-corrected chi connectivity index (χ4v) is 6.67. The van der Waals surface area contributed by atoms with Gasteiger partial charge in [0.1, 0.15) is 18.7 Å². The molecule has 2 aromatic rings. The molecule has 0 fully saturated rings. The van der Waals surface area contributed by atoms with E-state index in [1.54, 1.807) is 13.8 Å². The first-order valence-corrected chi connectivity index (χ1v) is 22.9. The Kier molecular flexibility index (Phi) is 25.0. The van der Waals surface area contributed by atoms with Crippen LogP contribution in [-0.4, -0.2) is 96.4 Å². The summed E-state index contributed by atoms with van der Waals surface area (Å²) in [5, 5.41) is 28.9. The van der Waals surface area contributed by atoms with Crippen molar-refractivity contribution in [1.29, 1.82) is 0 Å². The highest BCUT2D eigenvalue weighted by molar-refractivity contribution is 14.1. The van der Waals surface area contributed by atoms with Crippen LogP contribution in [0.15, 0.2) is 42.5 Å². The van der Waals surface area contributed by atoms with Crippen LogP contribution in [0.3, 0.4) is 0 Å². The third kappa shape index (κ3) is 21.9. The Morgan fingerprint density at radius 2 is 1.38 bits per heavy atom. The van der Waals surface area contributed by atoms with Gasteiger partial charge in [0.2, 0.25) is 23.6 Å². The maximum absolute atomic E-state index is 13.7. The van der Waals surface area contributed by atoms with Crippen LogP contribution in [-0.2, 0) is 46.5 Å². The molecule has 10 N–H and O–H groups in total. The van der Waals surface area contributed by atoms with Crippen molar-refractivity contribution < 1.29 is 48.2 Å². The SMILES string of the molecule is CC(C)N[C@H](C(=O)N[C@@H](CCCNC(N)=O)C(=O)Nc1ccc(COC(=O)C(C)C)c(C(=O)NCCC(=O)N[C@@H](CCCNC(=O)CCCCc2ccc(I)cc2)C(=O)O)c1)C(C)C. The summed E-state index contributed by atoms with van der Waals surface area (Å²) in [7, 11) is 0. The Hall–Kier alpha value is -5.31. The van der Waals surface area contributed by atoms with Gasteiger partial charge in [0.15, 0.2) is 0 Å². The standard InChI is InChI=1S/C45H67IN8O10/c1-27(2)39(51-29(5)6)42(59)54-35(12-9-23-50-45(47)63)41(58)52-33-20-17-31(26-64-44(62)28(3)4)34(25-33)40(57)49-24-21-38(56)53-36(43(60)61)13-10-22-48-37(55)14-8-7-11-30-15-18-32(46)19-16-30/h15-20,25,27-29,35-36,39,51H,7-14,21-24,26H2,1-6H3,(H,48,55)(H,49,57)(H,52,58)(H,53,56)(H,54,59)(H,60,61)(H3,47,50,63)/t35-,36-,39-/m0/s1. The summed E-state index contributed by atoms with van der Waals surface area (Å²) in [6.45, 7) is 10.8. The lowest BCUT2D eigenvalue weighted by Gasteiger charge is -2.27. The molecule has 19 heteroatoms. The Morgan fingerprint density at radius 3 is 1.98 bits per heavy atom. The molecule has 18 nitrogen and oxygen atoms in total. The fourth-order valence-electron chi connectivity index (χ4n) is 6.31. The number of hydrogen-bond donors (Lipinski definition) is 9. The molecule has 354 valence electrons. The van der Waals surface area contributed by atoms with Crippen molar-refractivity contribution in [2.45, 2.75) is 130 Å². The number of aryl methyl sites for hydroxylation is 1. The van der Waals surface area contributed by atoms with E-state index in [9.17, 15) is 43.5 Å². The summed E-state index contributed by atoms with van der Waals surface area (Å²) in [5.41, 5.74) is 6.91. The van der Waals surface area contributed by atoms with Gasteiger partial charge >= 0.3 is 18.0 Å². The van der Waals surface area contributed by atoms with E-state index in [0.29, 0.717) is 31.2 Å². The minimum absolute atomic E-state index is 0.0172. The van der Waals surface area contributed by atoms with Crippen molar-refractivity contribution in [2.75, 3.05) is 25.0 Å². The van der Waals surface area contributed by atoms with Gasteiger partial charge in [-0.15, -0.1) is 0 Å². The predicted octanol–water partition coefficient (Wildman–Crippen LogP) is 3.88. The molecule has 3 atom stereocenters. The second-order valence-corrected chi connectivity index (χ2v) is 17.7. The number of anilines is 1. The largest absolute Gasteiger partial charge is 0.480 e. The lowest BCUT2D eigenvalue weighted by molar-refractivity contribution is -0.148. The number of aliphatic carboxylic acids is 1. The summed E-state index contributed by atoms with van der Waals surface area (Å²) in [4.78, 5) is 101. The number of rotatable bonds is 29. The number of hydrogen-bond acceptors (Lipinski definition) is 10. The van der Waals surface area contributed by atoms with Crippen molar-refractivity contribution in [1.82, 2.24) is 31.9 Å². The molecule has 2 aromatic carbocycles. The second-order valence-electron chi connectivity index (χ2n) is 16.5. The van der Waals surface area contributed by atoms with Gasteiger partial charge in [0, 0.05) is 58.9 Å². The topological polar surface area (TPSA) is 276 Å². The molecule has 0 heterocycles. The van der Waals surface area contributed by atoms with Gasteiger partial charge in [0.05, 0.1) is 12.0 Å². The second kappa shape index (κ2) is 29.2. The van der Waals surface area contributed by atoms with Gasteiger partial charge in [-0.2, -0.15) is 0 Å². The molecule has 0 radical (unpaired) electrons. The van der Waals surface area contributed by atoms with Crippen LogP contribution in [0, 0.1) is 15.4 Å². The number of carbonyl (C=O) groups is 8. The molecule has 64 heavy (non-hydrogen) atoms. The number of carboxylic acid groups (broad SMARTS) is 1. The number of unbranched alkanes of at least 4 members (excludes halogenated alkanes) is 1. The van der Waals surface area contributed by atoms with E-state index in [1.807, 2.05) is 39.8 Å². The van der Waals surface area contributed by atoms with Gasteiger partial charge in [-0.3, -0.25) is 28.8 Å². The average molecular weight is 1010 g/mol. The number of carbonyl (C=O) groups excluding carboxylic acids is 7. The Morgan fingerprint density at radius 1 is 0.719 bits per heavy atom. The number of halogens is 1. The first-order chi connectivity index (χ1) is 30.3. The number of carboxylic acids is 1. The van der Waals surface area contributed by atoms with E-state index in [0.717, 1.165) is 16.4 Å². The van der Waals surface area contributed by atoms with E-state index >= 15 is 0 Å². The van der Waals surface area contributed by atoms with Crippen LogP contribution >= 0.6 is 22.6 Å². The summed E-state index contributed by atoms with van der Waals surface area (Å²) in [6.07, 6.45) is 3.36. The molecular weight excluding hydrogens is 939 g/mol. The molecule has 2 rings (SSSR count). The highest BCUT2D eigenvalue weighted by Crippen LogP contribution is 2.19. The number of nitrogens with one attached hydrogen (secondary N) is 7. The van der Waals surface area contributed by atoms with Crippen LogP contribution in [0.4, 0.5) is 10.5 Å². The number of ether oxygens (including phenoxy) is 1. The van der Waals surface area contributed by atoms with Crippen molar-refractivity contribution in [3.8, 4) is 0 Å². The summed E-state index contributed by atoms with van der Waals surface area (Å²) >= 11 is 2.25. The van der Waals surface area contributed by atoms with Crippen LogP contribution in [0.5, 0.6) is 0 Å². The molecule has 0 aliphatic rings. The first kappa shape index (κ1) is 54.8. The van der Waals surface area contributed by atoms with E-state index in [-0.39, 0.29) is 74.6 Å². The van der Waals surface area contributed by atoms with Crippen LogP contribution < -0.4 is 43.0 Å². The Balaban J connectivity index is 2.05. The van der Waals surface area contributed by atoms with Gasteiger partial charge in [-0.05, 0) is 103 Å². The summed E-state index contributed by atoms with van der Waals surface area (Å²) in [5.74, 6) is -4.70. The highest BCUT2D eigenvalue weighted by Gasteiger charge is 2.28. The van der Waals surface area contributed by atoms with Crippen molar-refractivity contribution in [3.05, 3.63) is 62.7 Å². The number of esters is 1. The summed E-state index contributed by atoms with van der Waals surface area (Å²) < 4.78 is 6.55. The summed E-state index contributed by atoms with van der Waals surface area (Å²) in [6, 6.07) is 9.01. The fraction of sp³-hybridized carbons (Fsp3) is 0.556. The first-order valence-electron chi connectivity index (χ1n) is 21.8. The average Bonchev–Trinajstić information content (AvgIpc) is 3.23. The molecular formula is C45H67IN8O10. The van der Waals surface area contributed by atoms with Gasteiger partial charge in [-0.25, -0.2) is 9.59 Å². The number of primary amides is 1. The van der Waals surface area contributed by atoms with Crippen molar-refractivity contribution in [3.63, 3.8) is 0 Å². The third-order valence-corrected chi connectivity index (χ3v) is 10.5. The highest BCUT2D eigenvalue weighted by atomic mass is 127. The van der Waals surface area contributed by atoms with Gasteiger partial charge < -0.3 is 52.8 Å². The van der Waals surface area contributed by atoms with E-state index in [4.69, 9.17) is 10.5 Å². The van der Waals surface area contributed by atoms with Crippen molar-refractivity contribution >= 4 is 75.8 Å². The monoisotopic (exact) mass is 1010 g/mol. The minimum atomic E-state index is -1.24. The molecule has 0 saturated carbocycles. The zero-order chi connectivity index (χ0) is 47.8. The molecule has 0 unspecified atom stereocenters. The van der Waals surface area contributed by atoms with E-state index in [1.165, 1.54) is 23.8 Å². The zero-order valence-corrected chi connectivity index (χ0v) is 39.9. The van der Waals surface area contributed by atoms with Gasteiger partial charge in [-0.1, -0.05) is 59.7 Å². The van der Waals surface area contributed by atoms with E-state index in [2.05, 4.69) is 71.9 Å². The molecule has 0 aromatic heterocycles. The molecule has 0 bridgehead atoms. The Bertz CT molecular complexity index is 1880. The van der Waals surface area contributed by atoms with E-state index < -0.39 is 65.6 Å². The third-order valence-electron chi connectivity index (χ3n) is 9.82. The number of nitrogens with two attached hydrogens (primary N) is 1. The molecule has 7 amide bonds. The molecule has 0 saturated heterocycles. The number of benzene rings is 2. The molecule has 0 aliphatic heterocycles. The van der Waals surface area contributed by atoms with Crippen molar-refractivity contribution in [2.24, 2.45) is 17.6 Å². The smallest absolute Gasteiger partial charge is 0.326 e. The van der Waals surface area contributed by atoms with Crippen LogP contribution in [0.1, 0.15) is 114 Å². The molecule has 0 aliphatic carbocycles. The number of urea groups is 1. The minimum Gasteiger partial charge on any atom is -0.480 e. The number of amides is 7. The Labute approximate surface area is 389 Å². The lowest BCUT2D eigenvalue weighted by atomic mass is 10.0. The van der Waals surface area contributed by atoms with Gasteiger partial charge in [0.25, 0.3) is 5.91 Å². The normalized spacial score (nSPS) is 12.5. The predicted molar refractivity (Wildman–Crippen MR) is 251 cm³/mol. The maximum atomic E-state index is 13.7.